The molecule has 0 fully saturated rings. The van der Waals surface area contributed by atoms with Gasteiger partial charge in [0, 0.05) is 55.9 Å². The molecule has 0 unspecified atom stereocenters. The Hall–Kier alpha value is 3.23. The van der Waals surface area contributed by atoms with Gasteiger partial charge in [0.2, 0.25) is 0 Å². The van der Waals surface area contributed by atoms with E-state index in [1.807, 2.05) is 0 Å². The zero-order valence-corrected chi connectivity index (χ0v) is 5.08. The third-order valence-electron chi connectivity index (χ3n) is 0. The second kappa shape index (κ2) is 26.9. The van der Waals surface area contributed by atoms with Crippen LogP contribution in [0.4, 0.5) is 0 Å². The Morgan fingerprint density at radius 2 is 1.00 bits per heavy atom. The van der Waals surface area contributed by atoms with Crippen molar-refractivity contribution in [2.24, 2.45) is 0 Å². The van der Waals surface area contributed by atoms with E-state index in [2.05, 4.69) is 0 Å². The largest absolute Gasteiger partial charge is 0.0149 e. The van der Waals surface area contributed by atoms with Gasteiger partial charge in [0.1, 0.15) is 0 Å². The van der Waals surface area contributed by atoms with Gasteiger partial charge in [-0.25, -0.2) is 0 Å². The summed E-state index contributed by atoms with van der Waals surface area (Å²) in [6, 6.07) is 0. The van der Waals surface area contributed by atoms with Gasteiger partial charge < -0.3 is 0 Å². The summed E-state index contributed by atoms with van der Waals surface area (Å²) in [6.45, 7) is 0. The van der Waals surface area contributed by atoms with E-state index in [4.69, 9.17) is 0 Å². The molecule has 0 aliphatic carbocycles. The van der Waals surface area contributed by atoms with E-state index < -0.39 is 0 Å². The predicted molar refractivity (Wildman–Crippen MR) is 19.9 cm³/mol. The summed E-state index contributed by atoms with van der Waals surface area (Å²) in [5.41, 5.74) is 0. The molecule has 0 aliphatic heterocycles. The molecule has 1 radical (unpaired) electrons. The molecule has 0 aromatic heterocycles. The third-order valence-corrected chi connectivity index (χ3v) is 0. The Morgan fingerprint density at radius 3 is 1.00 bits per heavy atom. The van der Waals surface area contributed by atoms with Crippen molar-refractivity contribution >= 4 is 48.7 Å². The van der Waals surface area contributed by atoms with Crippen molar-refractivity contribution in [2.45, 2.75) is 0 Å². The molecule has 0 heterocycles. The molecule has 0 saturated carbocycles. The monoisotopic (exact) mass is 233 g/mol. The minimum atomic E-state index is 0. The SMILES string of the molecule is [CaH2].[Fe].[Mn].[SiH4].[Ti]. The van der Waals surface area contributed by atoms with Crippen LogP contribution in [0.2, 0.25) is 0 Å². The molecule has 0 N–H and O–H groups in total. The maximum Gasteiger partial charge on any atom is 0 e. The van der Waals surface area contributed by atoms with E-state index in [1.165, 1.54) is 0 Å². The first-order chi connectivity index (χ1) is 0. The molecule has 0 nitrogen and oxygen atoms in total. The second-order valence-electron chi connectivity index (χ2n) is 0. The molecular weight excluding hydrogens is 227 g/mol. The fourth-order valence-corrected chi connectivity index (χ4v) is 0. The number of hydrogen-bond donors (Lipinski definition) is 0. The van der Waals surface area contributed by atoms with Gasteiger partial charge in [-0.15, -0.1) is 0 Å². The van der Waals surface area contributed by atoms with Gasteiger partial charge in [-0.2, -0.15) is 0 Å². The van der Waals surface area contributed by atoms with Crippen LogP contribution in [-0.4, -0.2) is 48.7 Å². The van der Waals surface area contributed by atoms with Crippen LogP contribution < -0.4 is 0 Å². The fourth-order valence-electron chi connectivity index (χ4n) is 0. The quantitative estimate of drug-likeness (QED) is 0.410. The van der Waals surface area contributed by atoms with Crippen LogP contribution in [0.3, 0.4) is 0 Å². The van der Waals surface area contributed by atoms with Crippen molar-refractivity contribution in [3.63, 3.8) is 0 Å². The maximum atomic E-state index is 0. The van der Waals surface area contributed by atoms with Crippen LogP contribution in [0.25, 0.3) is 0 Å². The first-order valence-electron chi connectivity index (χ1n) is 0. The molecule has 0 amide bonds. The van der Waals surface area contributed by atoms with Crippen LogP contribution in [-0.2, 0) is 55.9 Å². The molecule has 0 rings (SSSR count). The van der Waals surface area contributed by atoms with Gasteiger partial charge in [-0.3, -0.25) is 0 Å². The second-order valence-corrected chi connectivity index (χ2v) is 0. The summed E-state index contributed by atoms with van der Waals surface area (Å²) in [5, 5.41) is 0. The van der Waals surface area contributed by atoms with Crippen molar-refractivity contribution in [3.8, 4) is 0 Å². The van der Waals surface area contributed by atoms with Gasteiger partial charge in [-0.05, 0) is 11.0 Å². The van der Waals surface area contributed by atoms with Crippen LogP contribution >= 0.6 is 0 Å². The summed E-state index contributed by atoms with van der Waals surface area (Å²) in [6.07, 6.45) is 0. The summed E-state index contributed by atoms with van der Waals surface area (Å²) in [7, 11) is 0. The first kappa shape index (κ1) is 41.2. The molecule has 0 aliphatic rings. The fraction of sp³-hybridized carbons (Fsp3) is 0. The van der Waals surface area contributed by atoms with Gasteiger partial charge >= 0.3 is 37.7 Å². The standard InChI is InChI=1S/Ca.Fe.Mn.H4Si.Ti.2H/h;;;1H4;;;. The topological polar surface area (TPSA) is 0 Å². The molecular formula is H6CaFeMnSiTi. The van der Waals surface area contributed by atoms with Crippen molar-refractivity contribution in [1.82, 2.24) is 0 Å². The zero-order valence-electron chi connectivity index (χ0n) is 1.23. The van der Waals surface area contributed by atoms with Gasteiger partial charge in [0.25, 0.3) is 0 Å². The molecule has 0 aromatic carbocycles. The van der Waals surface area contributed by atoms with Gasteiger partial charge in [0.05, 0.1) is 0 Å². The summed E-state index contributed by atoms with van der Waals surface area (Å²) < 4.78 is 0. The average molecular weight is 233 g/mol. The van der Waals surface area contributed by atoms with Crippen molar-refractivity contribution < 1.29 is 55.9 Å². The van der Waals surface area contributed by atoms with Crippen molar-refractivity contribution in [2.75, 3.05) is 0 Å². The molecule has 0 saturated heterocycles. The van der Waals surface area contributed by atoms with Gasteiger partial charge in [-0.1, -0.05) is 0 Å². The van der Waals surface area contributed by atoms with Crippen LogP contribution in [0.1, 0.15) is 0 Å². The van der Waals surface area contributed by atoms with Crippen molar-refractivity contribution in [1.29, 1.82) is 0 Å². The normalized spacial score (nSPS) is 0. The Kier molecular flexibility index (Phi) is 222. The smallest absolute Gasteiger partial charge is 0 e. The van der Waals surface area contributed by atoms with Gasteiger partial charge in [0.15, 0.2) is 0 Å². The molecule has 0 spiro atoms. The molecule has 5 heteroatoms. The van der Waals surface area contributed by atoms with Crippen molar-refractivity contribution in [3.05, 3.63) is 0 Å². The Balaban J connectivity index is 0. The number of hydrogen-bond acceptors (Lipinski definition) is 0. The zero-order chi connectivity index (χ0) is 0. The first-order valence-corrected chi connectivity index (χ1v) is 0. The molecule has 0 aromatic rings. The minimum absolute atomic E-state index is 0. The van der Waals surface area contributed by atoms with E-state index in [9.17, 15) is 0 Å². The van der Waals surface area contributed by atoms with E-state index in [-0.39, 0.29) is 105 Å². The minimum Gasteiger partial charge on any atom is -0.0149 e. The Morgan fingerprint density at radius 1 is 1.00 bits per heavy atom. The molecule has 31 valence electrons. The Bertz CT molecular complexity index is 11.6. The van der Waals surface area contributed by atoms with E-state index >= 15 is 0 Å². The van der Waals surface area contributed by atoms with Crippen LogP contribution in [0, 0.1) is 0 Å². The third kappa shape index (κ3) is 19.0. The van der Waals surface area contributed by atoms with E-state index in [1.54, 1.807) is 0 Å². The summed E-state index contributed by atoms with van der Waals surface area (Å²) in [5.74, 6) is 0. The predicted octanol–water partition coefficient (Wildman–Crippen LogP) is -2.38. The Labute approximate surface area is 102 Å². The van der Waals surface area contributed by atoms with E-state index in [0.29, 0.717) is 0 Å². The maximum absolute atomic E-state index is 0. The van der Waals surface area contributed by atoms with E-state index in [0.717, 1.165) is 0 Å². The summed E-state index contributed by atoms with van der Waals surface area (Å²) in [4.78, 5) is 0. The average Bonchev–Trinajstić information content (AvgIpc) is 0. The van der Waals surface area contributed by atoms with Crippen LogP contribution in [0.15, 0.2) is 0 Å². The van der Waals surface area contributed by atoms with Crippen LogP contribution in [0.5, 0.6) is 0 Å². The molecule has 0 atom stereocenters. The number of rotatable bonds is 0. The molecule has 5 heavy (non-hydrogen) atoms. The summed E-state index contributed by atoms with van der Waals surface area (Å²) >= 11 is 0. The molecule has 0 bridgehead atoms.